The smallest absolute Gasteiger partial charge is 0.193 e. The molecule has 1 N–H and O–H groups in total. The summed E-state index contributed by atoms with van der Waals surface area (Å²) in [6.07, 6.45) is 5.04. The van der Waals surface area contributed by atoms with Crippen LogP contribution in [-0.4, -0.2) is 68.7 Å². The van der Waals surface area contributed by atoms with Crippen LogP contribution in [0.15, 0.2) is 29.3 Å². The van der Waals surface area contributed by atoms with Crippen molar-refractivity contribution in [2.75, 3.05) is 53.0 Å². The fraction of sp³-hybridized carbons (Fsp3) is 0.682. The van der Waals surface area contributed by atoms with Crippen molar-refractivity contribution < 1.29 is 4.74 Å². The van der Waals surface area contributed by atoms with Crippen molar-refractivity contribution in [3.8, 4) is 0 Å². The van der Waals surface area contributed by atoms with Gasteiger partial charge in [0.25, 0.3) is 0 Å². The van der Waals surface area contributed by atoms with Crippen LogP contribution in [0.25, 0.3) is 0 Å². The molecule has 3 heterocycles. The second kappa shape index (κ2) is 9.76. The number of ether oxygens (including phenoxy) is 1. The van der Waals surface area contributed by atoms with Gasteiger partial charge < -0.3 is 15.0 Å². The van der Waals surface area contributed by atoms with Gasteiger partial charge in [-0.25, -0.2) is 0 Å². The first kappa shape index (κ1) is 21.8. The van der Waals surface area contributed by atoms with E-state index in [-0.39, 0.29) is 24.0 Å². The third-order valence-electron chi connectivity index (χ3n) is 6.63. The van der Waals surface area contributed by atoms with Crippen molar-refractivity contribution in [3.63, 3.8) is 0 Å². The fourth-order valence-electron chi connectivity index (χ4n) is 4.91. The summed E-state index contributed by atoms with van der Waals surface area (Å²) in [7, 11) is 1.91. The Bertz CT molecular complexity index is 651. The van der Waals surface area contributed by atoms with Crippen LogP contribution < -0.4 is 5.32 Å². The Morgan fingerprint density at radius 3 is 2.57 bits per heavy atom. The highest BCUT2D eigenvalue weighted by atomic mass is 127. The number of aliphatic imine (C=N–C) groups is 1. The summed E-state index contributed by atoms with van der Waals surface area (Å²) in [6.45, 7) is 9.46. The lowest BCUT2D eigenvalue weighted by Crippen LogP contribution is -2.45. The van der Waals surface area contributed by atoms with Crippen LogP contribution in [0.3, 0.4) is 0 Å². The van der Waals surface area contributed by atoms with Gasteiger partial charge in [0.15, 0.2) is 5.96 Å². The Morgan fingerprint density at radius 1 is 1.18 bits per heavy atom. The second-order valence-electron chi connectivity index (χ2n) is 8.57. The van der Waals surface area contributed by atoms with Gasteiger partial charge in [0, 0.05) is 38.7 Å². The predicted molar refractivity (Wildman–Crippen MR) is 126 cm³/mol. The van der Waals surface area contributed by atoms with Gasteiger partial charge in [0.2, 0.25) is 0 Å². The summed E-state index contributed by atoms with van der Waals surface area (Å²) in [6, 6.07) is 9.47. The molecule has 5 nitrogen and oxygen atoms in total. The lowest BCUT2D eigenvalue weighted by atomic mass is 9.87. The van der Waals surface area contributed by atoms with Gasteiger partial charge in [-0.05, 0) is 51.3 Å². The molecule has 0 bridgehead atoms. The molecular weight excluding hydrogens is 463 g/mol. The van der Waals surface area contributed by atoms with Gasteiger partial charge in [-0.15, -0.1) is 24.0 Å². The number of guanidine groups is 1. The van der Waals surface area contributed by atoms with Gasteiger partial charge in [-0.2, -0.15) is 0 Å². The van der Waals surface area contributed by atoms with E-state index >= 15 is 0 Å². The van der Waals surface area contributed by atoms with E-state index in [4.69, 9.17) is 4.74 Å². The molecule has 0 saturated carbocycles. The van der Waals surface area contributed by atoms with E-state index in [1.54, 1.807) is 0 Å². The van der Waals surface area contributed by atoms with Crippen LogP contribution in [0.2, 0.25) is 0 Å². The topological polar surface area (TPSA) is 40.1 Å². The maximum atomic E-state index is 5.68. The molecule has 3 aliphatic heterocycles. The van der Waals surface area contributed by atoms with Crippen molar-refractivity contribution in [3.05, 3.63) is 35.4 Å². The Kier molecular flexibility index (Phi) is 7.61. The largest absolute Gasteiger partial charge is 0.381 e. The fourth-order valence-corrected chi connectivity index (χ4v) is 4.91. The molecule has 0 aliphatic carbocycles. The minimum absolute atomic E-state index is 0. The van der Waals surface area contributed by atoms with Gasteiger partial charge >= 0.3 is 0 Å². The molecular formula is C22H35IN4O. The summed E-state index contributed by atoms with van der Waals surface area (Å²) in [4.78, 5) is 9.66. The molecule has 156 valence electrons. The first-order chi connectivity index (χ1) is 13.2. The average molecular weight is 498 g/mol. The number of rotatable bonds is 4. The van der Waals surface area contributed by atoms with E-state index in [0.29, 0.717) is 11.5 Å². The van der Waals surface area contributed by atoms with E-state index in [9.17, 15) is 0 Å². The number of nitrogens with one attached hydrogen (secondary N) is 1. The molecule has 2 unspecified atom stereocenters. The summed E-state index contributed by atoms with van der Waals surface area (Å²) in [5.74, 6) is 1.05. The normalized spacial score (nSPS) is 26.6. The van der Waals surface area contributed by atoms with E-state index < -0.39 is 0 Å². The lowest BCUT2D eigenvalue weighted by Gasteiger charge is -2.31. The van der Waals surface area contributed by atoms with Crippen LogP contribution in [0.1, 0.15) is 42.9 Å². The summed E-state index contributed by atoms with van der Waals surface area (Å²) < 4.78 is 5.68. The second-order valence-corrected chi connectivity index (χ2v) is 8.57. The molecule has 3 aliphatic rings. The number of nitrogens with zero attached hydrogens (tertiary/aromatic N) is 3. The summed E-state index contributed by atoms with van der Waals surface area (Å²) in [5, 5.41) is 3.70. The maximum Gasteiger partial charge on any atom is 0.193 e. The van der Waals surface area contributed by atoms with Gasteiger partial charge in [-0.3, -0.25) is 9.89 Å². The minimum atomic E-state index is 0. The molecule has 3 fully saturated rings. The molecule has 3 saturated heterocycles. The number of hydrogen-bond donors (Lipinski definition) is 1. The number of aryl methyl sites for hydroxylation is 1. The number of halogens is 1. The van der Waals surface area contributed by atoms with Crippen LogP contribution in [0.5, 0.6) is 0 Å². The highest BCUT2D eigenvalue weighted by Crippen LogP contribution is 2.38. The molecule has 1 aromatic carbocycles. The lowest BCUT2D eigenvalue weighted by molar-refractivity contribution is 0.156. The Balaban J connectivity index is 0.00000225. The van der Waals surface area contributed by atoms with Crippen molar-refractivity contribution in [2.45, 2.75) is 38.6 Å². The Labute approximate surface area is 186 Å². The van der Waals surface area contributed by atoms with Gasteiger partial charge in [0.05, 0.1) is 12.6 Å². The van der Waals surface area contributed by atoms with Crippen molar-refractivity contribution >= 4 is 29.9 Å². The highest BCUT2D eigenvalue weighted by molar-refractivity contribution is 14.0. The first-order valence-electron chi connectivity index (χ1n) is 10.5. The molecule has 0 amide bonds. The zero-order valence-corrected chi connectivity index (χ0v) is 19.7. The number of likely N-dealkylation sites (tertiary alicyclic amines) is 2. The van der Waals surface area contributed by atoms with Crippen LogP contribution in [0.4, 0.5) is 0 Å². The molecule has 2 atom stereocenters. The molecule has 1 aromatic rings. The zero-order valence-electron chi connectivity index (χ0n) is 17.3. The molecule has 6 heteroatoms. The van der Waals surface area contributed by atoms with Crippen molar-refractivity contribution in [1.82, 2.24) is 15.1 Å². The van der Waals surface area contributed by atoms with Gasteiger partial charge in [0.1, 0.15) is 0 Å². The molecule has 0 aromatic heterocycles. The SMILES string of the molecule is CN=C(NCC(c1ccc(C)cc1)N1CCCC1)N1CCC2(CCOC2)C1.I. The zero-order chi connectivity index (χ0) is 18.7. The van der Waals surface area contributed by atoms with Crippen LogP contribution in [0, 0.1) is 12.3 Å². The summed E-state index contributed by atoms with van der Waals surface area (Å²) in [5.41, 5.74) is 3.10. The minimum Gasteiger partial charge on any atom is -0.381 e. The Morgan fingerprint density at radius 2 is 1.93 bits per heavy atom. The monoisotopic (exact) mass is 498 g/mol. The molecule has 4 rings (SSSR count). The molecule has 28 heavy (non-hydrogen) atoms. The highest BCUT2D eigenvalue weighted by Gasteiger charge is 2.42. The van der Waals surface area contributed by atoms with Crippen LogP contribution >= 0.6 is 24.0 Å². The standard InChI is InChI=1S/C22H34N4O.HI/c1-18-5-7-19(8-6-18)20(25-11-3-4-12-25)15-24-21(23-2)26-13-9-22(16-26)10-14-27-17-22;/h5-8,20H,3-4,9-17H2,1-2H3,(H,23,24);1H. The average Bonchev–Trinajstić information content (AvgIpc) is 3.44. The summed E-state index contributed by atoms with van der Waals surface area (Å²) >= 11 is 0. The number of hydrogen-bond acceptors (Lipinski definition) is 3. The van der Waals surface area contributed by atoms with E-state index in [0.717, 1.165) is 38.8 Å². The van der Waals surface area contributed by atoms with E-state index in [2.05, 4.69) is 51.3 Å². The first-order valence-corrected chi connectivity index (χ1v) is 10.5. The predicted octanol–water partition coefficient (Wildman–Crippen LogP) is 3.44. The maximum absolute atomic E-state index is 5.68. The molecule has 1 spiro atoms. The Hall–Kier alpha value is -0.860. The third kappa shape index (κ3) is 4.82. The van der Waals surface area contributed by atoms with E-state index in [1.165, 1.54) is 49.9 Å². The van der Waals surface area contributed by atoms with Crippen LogP contribution in [-0.2, 0) is 4.74 Å². The van der Waals surface area contributed by atoms with Gasteiger partial charge in [-0.1, -0.05) is 29.8 Å². The third-order valence-corrected chi connectivity index (χ3v) is 6.63. The van der Waals surface area contributed by atoms with Crippen molar-refractivity contribution in [1.29, 1.82) is 0 Å². The van der Waals surface area contributed by atoms with Crippen molar-refractivity contribution in [2.24, 2.45) is 10.4 Å². The molecule has 0 radical (unpaired) electrons. The number of benzene rings is 1. The van der Waals surface area contributed by atoms with E-state index in [1.807, 2.05) is 7.05 Å². The quantitative estimate of drug-likeness (QED) is 0.393.